The number of nitrogens with one attached hydrogen (secondary N) is 2. The maximum absolute atomic E-state index is 13.4. The van der Waals surface area contributed by atoms with Gasteiger partial charge >= 0.3 is 19.1 Å². The van der Waals surface area contributed by atoms with Crippen LogP contribution >= 0.6 is 0 Å². The molecule has 4 N–H and O–H groups in total. The minimum absolute atomic E-state index is 0.0237. The monoisotopic (exact) mass is 596 g/mol. The summed E-state index contributed by atoms with van der Waals surface area (Å²) < 4.78 is 11.2. The summed E-state index contributed by atoms with van der Waals surface area (Å²) in [5.41, 5.74) is -0.738. The van der Waals surface area contributed by atoms with Gasteiger partial charge in [-0.25, -0.2) is 4.98 Å². The van der Waals surface area contributed by atoms with Gasteiger partial charge in [-0.15, -0.1) is 0 Å². The second-order valence-corrected chi connectivity index (χ2v) is 11.1. The van der Waals surface area contributed by atoms with E-state index in [1.807, 2.05) is 44.2 Å². The van der Waals surface area contributed by atoms with E-state index in [4.69, 9.17) is 9.31 Å². The third-order valence-corrected chi connectivity index (χ3v) is 6.79. The van der Waals surface area contributed by atoms with E-state index in [0.29, 0.717) is 5.69 Å². The van der Waals surface area contributed by atoms with Crippen LogP contribution in [-0.4, -0.2) is 94.7 Å². The summed E-state index contributed by atoms with van der Waals surface area (Å²) in [4.78, 5) is 69.1. The van der Waals surface area contributed by atoms with Crippen molar-refractivity contribution in [2.45, 2.75) is 63.7 Å². The standard InChI is InChI=1S/C29H37BN4O9/c1-17(2)14-22(30-42-28(41)29(43-30,16-24(37)38)15-23(36)34(4)5)32-27(40)25(18(3)35)33-26(39)21-13-9-12-20(31-21)19-10-7-6-8-11-19/h6-13,17-18,22,25,35H,14-16H2,1-5H3,(H,32,40)(H,33,39)(H,37,38)/t18-,22+,25+,29-/m1/s1. The first-order chi connectivity index (χ1) is 20.2. The molecule has 1 aromatic heterocycles. The lowest BCUT2D eigenvalue weighted by Crippen LogP contribution is -2.58. The summed E-state index contributed by atoms with van der Waals surface area (Å²) in [5.74, 6) is -5.53. The highest BCUT2D eigenvalue weighted by Crippen LogP contribution is 2.33. The van der Waals surface area contributed by atoms with Gasteiger partial charge in [-0.3, -0.25) is 24.0 Å². The number of nitrogens with zero attached hydrogens (tertiary/aromatic N) is 2. The van der Waals surface area contributed by atoms with Crippen LogP contribution in [0.25, 0.3) is 11.3 Å². The molecule has 230 valence electrons. The molecule has 0 spiro atoms. The number of carboxylic acid groups (broad SMARTS) is 1. The number of hydrogen-bond donors (Lipinski definition) is 4. The van der Waals surface area contributed by atoms with Crippen LogP contribution in [0.15, 0.2) is 48.5 Å². The summed E-state index contributed by atoms with van der Waals surface area (Å²) >= 11 is 0. The predicted octanol–water partition coefficient (Wildman–Crippen LogP) is 1.05. The third kappa shape index (κ3) is 8.61. The van der Waals surface area contributed by atoms with Crippen LogP contribution in [0.5, 0.6) is 0 Å². The number of aliphatic hydroxyl groups is 1. The molecule has 0 radical (unpaired) electrons. The average molecular weight is 596 g/mol. The van der Waals surface area contributed by atoms with Crippen molar-refractivity contribution >= 4 is 36.8 Å². The summed E-state index contributed by atoms with van der Waals surface area (Å²) in [5, 5.41) is 25.1. The Kier molecular flexibility index (Phi) is 11.0. The fraction of sp³-hybridized carbons (Fsp3) is 0.448. The number of hydrogen-bond acceptors (Lipinski definition) is 9. The Bertz CT molecular complexity index is 1340. The zero-order valence-electron chi connectivity index (χ0n) is 24.8. The van der Waals surface area contributed by atoms with E-state index >= 15 is 0 Å². The molecular formula is C29H37BN4O9. The highest BCUT2D eigenvalue weighted by atomic mass is 16.7. The van der Waals surface area contributed by atoms with E-state index in [2.05, 4.69) is 15.6 Å². The van der Waals surface area contributed by atoms with Crippen molar-refractivity contribution in [2.24, 2.45) is 5.92 Å². The van der Waals surface area contributed by atoms with Crippen molar-refractivity contribution < 1.29 is 43.5 Å². The van der Waals surface area contributed by atoms with Crippen LogP contribution in [0.3, 0.4) is 0 Å². The van der Waals surface area contributed by atoms with Gasteiger partial charge in [0.1, 0.15) is 11.7 Å². The Morgan fingerprint density at radius 3 is 2.26 bits per heavy atom. The third-order valence-electron chi connectivity index (χ3n) is 6.79. The molecule has 0 bridgehead atoms. The molecular weight excluding hydrogens is 559 g/mol. The van der Waals surface area contributed by atoms with Crippen LogP contribution in [0.2, 0.25) is 0 Å². The van der Waals surface area contributed by atoms with Gasteiger partial charge in [-0.2, -0.15) is 0 Å². The number of aliphatic carboxylic acids is 1. The quantitative estimate of drug-likeness (QED) is 0.244. The van der Waals surface area contributed by atoms with Crippen molar-refractivity contribution in [1.82, 2.24) is 20.5 Å². The van der Waals surface area contributed by atoms with E-state index in [1.54, 1.807) is 12.1 Å². The van der Waals surface area contributed by atoms with Gasteiger partial charge in [0.25, 0.3) is 5.91 Å². The van der Waals surface area contributed by atoms with Gasteiger partial charge < -0.3 is 35.1 Å². The zero-order chi connectivity index (χ0) is 31.9. The zero-order valence-corrected chi connectivity index (χ0v) is 24.8. The topological polar surface area (TPSA) is 184 Å². The van der Waals surface area contributed by atoms with E-state index < -0.39 is 73.3 Å². The number of rotatable bonds is 13. The molecule has 1 aliphatic rings. The molecule has 0 saturated carbocycles. The largest absolute Gasteiger partial charge is 0.552 e. The minimum atomic E-state index is -2.09. The summed E-state index contributed by atoms with van der Waals surface area (Å²) in [6, 6.07) is 12.6. The SMILES string of the molecule is CC(C)C[C@H](NC(=O)[C@@H](NC(=O)c1cccc(-c2ccccc2)n1)[C@@H](C)O)B1OC(=O)[C@](CC(=O)O)(CC(=O)N(C)C)O1. The van der Waals surface area contributed by atoms with Crippen molar-refractivity contribution in [3.63, 3.8) is 0 Å². The van der Waals surface area contributed by atoms with Gasteiger partial charge in [0, 0.05) is 19.7 Å². The smallest absolute Gasteiger partial charge is 0.506 e. The normalized spacial score (nSPS) is 18.4. The summed E-state index contributed by atoms with van der Waals surface area (Å²) in [7, 11) is 1.48. The lowest BCUT2D eigenvalue weighted by atomic mass is 9.73. The van der Waals surface area contributed by atoms with E-state index in [0.717, 1.165) is 5.56 Å². The van der Waals surface area contributed by atoms with Gasteiger partial charge in [0.2, 0.25) is 11.8 Å². The van der Waals surface area contributed by atoms with Crippen LogP contribution in [0.1, 0.15) is 50.5 Å². The second-order valence-electron chi connectivity index (χ2n) is 11.1. The molecule has 0 unspecified atom stereocenters. The fourth-order valence-corrected chi connectivity index (χ4v) is 4.58. The predicted molar refractivity (Wildman–Crippen MR) is 155 cm³/mol. The lowest BCUT2D eigenvalue weighted by Gasteiger charge is -2.28. The van der Waals surface area contributed by atoms with Crippen molar-refractivity contribution in [3.05, 3.63) is 54.2 Å². The number of pyridine rings is 1. The Labute approximate surface area is 250 Å². The molecule has 4 atom stereocenters. The second kappa shape index (κ2) is 14.3. The molecule has 1 aromatic carbocycles. The Balaban J connectivity index is 1.80. The number of benzene rings is 1. The van der Waals surface area contributed by atoms with Gasteiger partial charge in [-0.1, -0.05) is 50.2 Å². The van der Waals surface area contributed by atoms with Crippen molar-refractivity contribution in [2.75, 3.05) is 14.1 Å². The highest BCUT2D eigenvalue weighted by Gasteiger charge is 2.58. The van der Waals surface area contributed by atoms with Crippen LogP contribution in [0, 0.1) is 5.92 Å². The molecule has 0 aliphatic carbocycles. The number of carbonyl (C=O) groups excluding carboxylic acids is 4. The van der Waals surface area contributed by atoms with E-state index in [9.17, 15) is 34.2 Å². The molecule has 1 aliphatic heterocycles. The van der Waals surface area contributed by atoms with E-state index in [-0.39, 0.29) is 18.0 Å². The van der Waals surface area contributed by atoms with Gasteiger partial charge in [0.15, 0.2) is 5.60 Å². The fourth-order valence-electron chi connectivity index (χ4n) is 4.58. The number of aromatic nitrogens is 1. The Morgan fingerprint density at radius 2 is 1.67 bits per heavy atom. The number of carbonyl (C=O) groups is 5. The van der Waals surface area contributed by atoms with Crippen LogP contribution < -0.4 is 10.6 Å². The van der Waals surface area contributed by atoms with Gasteiger partial charge in [0.05, 0.1) is 30.6 Å². The van der Waals surface area contributed by atoms with Crippen LogP contribution in [0.4, 0.5) is 0 Å². The Hall–Kier alpha value is -4.30. The summed E-state index contributed by atoms with van der Waals surface area (Å²) in [6.07, 6.45) is -2.52. The highest BCUT2D eigenvalue weighted by molar-refractivity contribution is 6.51. The maximum atomic E-state index is 13.4. The number of amides is 3. The van der Waals surface area contributed by atoms with Crippen molar-refractivity contribution in [3.8, 4) is 11.3 Å². The molecule has 14 heteroatoms. The first-order valence-electron chi connectivity index (χ1n) is 13.8. The minimum Gasteiger partial charge on any atom is -0.506 e. The molecule has 13 nitrogen and oxygen atoms in total. The molecule has 3 rings (SSSR count). The summed E-state index contributed by atoms with van der Waals surface area (Å²) in [6.45, 7) is 5.01. The first kappa shape index (κ1) is 33.2. The number of aliphatic hydroxyl groups excluding tert-OH is 1. The van der Waals surface area contributed by atoms with Gasteiger partial charge in [-0.05, 0) is 31.4 Å². The van der Waals surface area contributed by atoms with Crippen LogP contribution in [-0.2, 0) is 28.5 Å². The molecule has 3 amide bonds. The Morgan fingerprint density at radius 1 is 1.00 bits per heavy atom. The molecule has 2 heterocycles. The maximum Gasteiger partial charge on any atom is 0.552 e. The average Bonchev–Trinajstić information content (AvgIpc) is 3.25. The number of carboxylic acids is 1. The molecule has 2 aromatic rings. The van der Waals surface area contributed by atoms with Crippen molar-refractivity contribution in [1.29, 1.82) is 0 Å². The molecule has 43 heavy (non-hydrogen) atoms. The lowest BCUT2D eigenvalue weighted by molar-refractivity contribution is -0.155. The first-order valence-corrected chi connectivity index (χ1v) is 13.8. The molecule has 1 fully saturated rings. The van der Waals surface area contributed by atoms with E-state index in [1.165, 1.54) is 32.0 Å². The molecule has 1 saturated heterocycles.